The molecular weight excluding hydrogens is 383 g/mol. The zero-order chi connectivity index (χ0) is 21.3. The van der Waals surface area contributed by atoms with Gasteiger partial charge in [0.2, 0.25) is 0 Å². The van der Waals surface area contributed by atoms with E-state index >= 15 is 0 Å². The summed E-state index contributed by atoms with van der Waals surface area (Å²) < 4.78 is 13.2. The number of carbonyl (C=O) groups is 1. The number of rotatable bonds is 2. The maximum Gasteiger partial charge on any atom is 0.328 e. The van der Waals surface area contributed by atoms with E-state index in [2.05, 4.69) is 20.2 Å². The van der Waals surface area contributed by atoms with Crippen molar-refractivity contribution in [3.63, 3.8) is 0 Å². The fraction of sp³-hybridized carbons (Fsp3) is 0.273. The molecule has 4 rings (SSSR count). The van der Waals surface area contributed by atoms with Crippen molar-refractivity contribution in [3.8, 4) is 11.3 Å². The summed E-state index contributed by atoms with van der Waals surface area (Å²) in [4.78, 5) is 30.1. The second-order valence-corrected chi connectivity index (χ2v) is 7.45. The molecule has 0 saturated carbocycles. The first-order chi connectivity index (χ1) is 14.4. The Bertz CT molecular complexity index is 1050. The summed E-state index contributed by atoms with van der Waals surface area (Å²) in [6, 6.07) is 10.1. The summed E-state index contributed by atoms with van der Waals surface area (Å²) in [5, 5.41) is 2.76. The van der Waals surface area contributed by atoms with E-state index in [4.69, 9.17) is 4.98 Å². The lowest BCUT2D eigenvalue weighted by atomic mass is 10.1. The molecule has 4 heterocycles. The Morgan fingerprint density at radius 1 is 1.13 bits per heavy atom. The second kappa shape index (κ2) is 8.06. The zero-order valence-electron chi connectivity index (χ0n) is 17.1. The average molecular weight is 406 g/mol. The van der Waals surface area contributed by atoms with Crippen LogP contribution >= 0.6 is 0 Å². The third-order valence-corrected chi connectivity index (χ3v) is 5.21. The first-order valence-corrected chi connectivity index (χ1v) is 9.79. The number of fused-ring (bicyclic) bond motifs is 1. The van der Waals surface area contributed by atoms with E-state index in [1.165, 1.54) is 12.1 Å². The SMILES string of the molecule is Cc1ccc(-c2ccc3c(n2)N(C(=O)Nc2ccc(F)cn2)[C@H](C)CCN3C)cn1. The molecule has 2 amide bonds. The molecule has 1 N–H and O–H groups in total. The Morgan fingerprint density at radius 3 is 2.67 bits per heavy atom. The predicted molar refractivity (Wildman–Crippen MR) is 115 cm³/mol. The fourth-order valence-electron chi connectivity index (χ4n) is 3.45. The van der Waals surface area contributed by atoms with Crippen molar-refractivity contribution < 1.29 is 9.18 Å². The standard InChI is InChI=1S/C22H23FN6O/c1-14-4-5-16(12-24-14)18-7-8-19-21(26-18)29(15(2)10-11-28(19)3)22(30)27-20-9-6-17(23)13-25-20/h4-9,12-13,15H,10-11H2,1-3H3,(H,25,27,30)/t15-/m1/s1. The van der Waals surface area contributed by atoms with Gasteiger partial charge >= 0.3 is 6.03 Å². The highest BCUT2D eigenvalue weighted by Gasteiger charge is 2.30. The van der Waals surface area contributed by atoms with Crippen molar-refractivity contribution in [2.45, 2.75) is 26.3 Å². The largest absolute Gasteiger partial charge is 0.372 e. The van der Waals surface area contributed by atoms with Gasteiger partial charge < -0.3 is 4.90 Å². The van der Waals surface area contributed by atoms with Crippen molar-refractivity contribution in [1.82, 2.24) is 15.0 Å². The van der Waals surface area contributed by atoms with E-state index in [0.29, 0.717) is 5.82 Å². The number of amides is 2. The number of nitrogens with zero attached hydrogens (tertiary/aromatic N) is 5. The molecule has 3 aromatic rings. The molecule has 1 atom stereocenters. The molecule has 0 aliphatic carbocycles. The van der Waals surface area contributed by atoms with E-state index in [9.17, 15) is 9.18 Å². The summed E-state index contributed by atoms with van der Waals surface area (Å²) in [6.45, 7) is 4.71. The quantitative estimate of drug-likeness (QED) is 0.689. The number of aryl methyl sites for hydroxylation is 1. The van der Waals surface area contributed by atoms with E-state index < -0.39 is 5.82 Å². The van der Waals surface area contributed by atoms with Gasteiger partial charge in [-0.2, -0.15) is 0 Å². The number of carbonyl (C=O) groups excluding carboxylic acids is 1. The maximum atomic E-state index is 13.2. The number of urea groups is 1. The van der Waals surface area contributed by atoms with Crippen LogP contribution in [0.5, 0.6) is 0 Å². The summed E-state index contributed by atoms with van der Waals surface area (Å²) in [6.07, 6.45) is 3.63. The fourth-order valence-corrected chi connectivity index (χ4v) is 3.45. The second-order valence-electron chi connectivity index (χ2n) is 7.45. The molecule has 8 heteroatoms. The van der Waals surface area contributed by atoms with Gasteiger partial charge in [0.1, 0.15) is 11.6 Å². The van der Waals surface area contributed by atoms with Gasteiger partial charge in [-0.25, -0.2) is 19.2 Å². The molecule has 0 fully saturated rings. The van der Waals surface area contributed by atoms with Crippen LogP contribution in [0.15, 0.2) is 48.8 Å². The first-order valence-electron chi connectivity index (χ1n) is 9.79. The highest BCUT2D eigenvalue weighted by molar-refractivity contribution is 6.03. The van der Waals surface area contributed by atoms with E-state index in [-0.39, 0.29) is 17.9 Å². The molecule has 0 saturated heterocycles. The monoisotopic (exact) mass is 406 g/mol. The summed E-state index contributed by atoms with van der Waals surface area (Å²) >= 11 is 0. The van der Waals surface area contributed by atoms with E-state index in [0.717, 1.165) is 41.8 Å². The number of nitrogens with one attached hydrogen (secondary N) is 1. The summed E-state index contributed by atoms with van der Waals surface area (Å²) in [7, 11) is 1.99. The smallest absolute Gasteiger partial charge is 0.328 e. The number of anilines is 3. The lowest BCUT2D eigenvalue weighted by molar-refractivity contribution is 0.255. The topological polar surface area (TPSA) is 74.2 Å². The highest BCUT2D eigenvalue weighted by Crippen LogP contribution is 2.35. The van der Waals surface area contributed by atoms with Gasteiger partial charge in [-0.3, -0.25) is 15.2 Å². The minimum atomic E-state index is -0.457. The van der Waals surface area contributed by atoms with Crippen molar-refractivity contribution in [1.29, 1.82) is 0 Å². The van der Waals surface area contributed by atoms with Gasteiger partial charge in [-0.05, 0) is 56.7 Å². The molecule has 7 nitrogen and oxygen atoms in total. The van der Waals surface area contributed by atoms with Gasteiger partial charge in [-0.15, -0.1) is 0 Å². The van der Waals surface area contributed by atoms with Crippen molar-refractivity contribution in [3.05, 3.63) is 60.3 Å². The Kier molecular flexibility index (Phi) is 5.31. The molecule has 0 unspecified atom stereocenters. The van der Waals surface area contributed by atoms with Crippen LogP contribution in [0.3, 0.4) is 0 Å². The first kappa shape index (κ1) is 19.8. The Morgan fingerprint density at radius 2 is 1.97 bits per heavy atom. The van der Waals surface area contributed by atoms with Crippen LogP contribution in [0, 0.1) is 12.7 Å². The molecule has 1 aliphatic rings. The number of aromatic nitrogens is 3. The molecular formula is C22H23FN6O. The van der Waals surface area contributed by atoms with Crippen LogP contribution in [0.2, 0.25) is 0 Å². The van der Waals surface area contributed by atoms with Crippen LogP contribution in [0.1, 0.15) is 19.0 Å². The number of halogens is 1. The van der Waals surface area contributed by atoms with Gasteiger partial charge in [0.25, 0.3) is 0 Å². The number of hydrogen-bond donors (Lipinski definition) is 1. The molecule has 1 aliphatic heterocycles. The Balaban J connectivity index is 1.73. The predicted octanol–water partition coefficient (Wildman–Crippen LogP) is 4.25. The lowest BCUT2D eigenvalue weighted by Crippen LogP contribution is -2.42. The average Bonchev–Trinajstić information content (AvgIpc) is 2.86. The van der Waals surface area contributed by atoms with Crippen LogP contribution in [-0.2, 0) is 0 Å². The summed E-state index contributed by atoms with van der Waals surface area (Å²) in [5.41, 5.74) is 3.41. The molecule has 3 aromatic heterocycles. The van der Waals surface area contributed by atoms with Crippen molar-refractivity contribution in [2.24, 2.45) is 0 Å². The molecule has 154 valence electrons. The Hall–Kier alpha value is -3.55. The van der Waals surface area contributed by atoms with Gasteiger partial charge in [-0.1, -0.05) is 0 Å². The zero-order valence-corrected chi connectivity index (χ0v) is 17.1. The van der Waals surface area contributed by atoms with Gasteiger partial charge in [0, 0.05) is 37.1 Å². The van der Waals surface area contributed by atoms with Crippen LogP contribution in [0.25, 0.3) is 11.3 Å². The third-order valence-electron chi connectivity index (χ3n) is 5.21. The van der Waals surface area contributed by atoms with Gasteiger partial charge in [0.15, 0.2) is 5.82 Å². The molecule has 30 heavy (non-hydrogen) atoms. The van der Waals surface area contributed by atoms with Crippen molar-refractivity contribution >= 4 is 23.4 Å². The van der Waals surface area contributed by atoms with Gasteiger partial charge in [0.05, 0.1) is 17.6 Å². The highest BCUT2D eigenvalue weighted by atomic mass is 19.1. The van der Waals surface area contributed by atoms with E-state index in [1.807, 2.05) is 45.2 Å². The number of pyridine rings is 3. The summed E-state index contributed by atoms with van der Waals surface area (Å²) in [5.74, 6) is 0.396. The van der Waals surface area contributed by atoms with E-state index in [1.54, 1.807) is 11.1 Å². The molecule has 0 spiro atoms. The minimum absolute atomic E-state index is 0.0898. The van der Waals surface area contributed by atoms with Crippen LogP contribution in [0.4, 0.5) is 26.5 Å². The minimum Gasteiger partial charge on any atom is -0.372 e. The lowest BCUT2D eigenvalue weighted by Gasteiger charge is -2.27. The normalized spacial score (nSPS) is 16.1. The number of hydrogen-bond acceptors (Lipinski definition) is 5. The molecule has 0 aromatic carbocycles. The van der Waals surface area contributed by atoms with Crippen molar-refractivity contribution in [2.75, 3.05) is 28.7 Å². The molecule has 0 radical (unpaired) electrons. The van der Waals surface area contributed by atoms with Crippen LogP contribution in [-0.4, -0.2) is 40.6 Å². The Labute approximate surface area is 174 Å². The molecule has 0 bridgehead atoms. The third kappa shape index (κ3) is 3.94. The van der Waals surface area contributed by atoms with Crippen LogP contribution < -0.4 is 15.1 Å². The maximum absolute atomic E-state index is 13.2.